The van der Waals surface area contributed by atoms with Gasteiger partial charge in [0.05, 0.1) is 17.3 Å². The molecule has 20 heavy (non-hydrogen) atoms. The topological polar surface area (TPSA) is 57.8 Å². The number of rotatable bonds is 3. The van der Waals surface area contributed by atoms with Crippen molar-refractivity contribution < 1.29 is 0 Å². The van der Waals surface area contributed by atoms with Gasteiger partial charge in [-0.2, -0.15) is 0 Å². The molecule has 106 valence electrons. The fourth-order valence-corrected chi connectivity index (χ4v) is 2.95. The third-order valence-corrected chi connectivity index (χ3v) is 3.89. The molecule has 6 heteroatoms. The Morgan fingerprint density at radius 1 is 1.40 bits per heavy atom. The smallest absolute Gasteiger partial charge is 0.256 e. The zero-order valence-corrected chi connectivity index (χ0v) is 13.8. The van der Waals surface area contributed by atoms with Crippen LogP contribution in [0.2, 0.25) is 5.02 Å². The summed E-state index contributed by atoms with van der Waals surface area (Å²) in [7, 11) is 0. The van der Waals surface area contributed by atoms with Crippen LogP contribution in [0.1, 0.15) is 30.0 Å². The Hall–Kier alpha value is -1.33. The van der Waals surface area contributed by atoms with Gasteiger partial charge in [-0.05, 0) is 54.9 Å². The lowest BCUT2D eigenvalue weighted by Crippen LogP contribution is -2.23. The van der Waals surface area contributed by atoms with E-state index >= 15 is 0 Å². The summed E-state index contributed by atoms with van der Waals surface area (Å²) < 4.78 is 0.853. The summed E-state index contributed by atoms with van der Waals surface area (Å²) in [6.45, 7) is 5.54. The lowest BCUT2D eigenvalue weighted by molar-refractivity contribution is 0.813. The van der Waals surface area contributed by atoms with Crippen LogP contribution in [0.15, 0.2) is 27.5 Å². The minimum atomic E-state index is -0.163. The van der Waals surface area contributed by atoms with Crippen LogP contribution < -0.4 is 10.9 Å². The zero-order chi connectivity index (χ0) is 14.9. The van der Waals surface area contributed by atoms with E-state index in [1.54, 1.807) is 19.1 Å². The Kier molecular flexibility index (Phi) is 4.50. The van der Waals surface area contributed by atoms with Crippen LogP contribution in [-0.4, -0.2) is 9.97 Å². The number of hydrogen-bond acceptors (Lipinski definition) is 3. The molecule has 2 rings (SSSR count). The second-order valence-corrected chi connectivity index (χ2v) is 5.93. The molecule has 0 bridgehead atoms. The van der Waals surface area contributed by atoms with E-state index in [4.69, 9.17) is 11.6 Å². The van der Waals surface area contributed by atoms with Gasteiger partial charge in [0.2, 0.25) is 0 Å². The zero-order valence-electron chi connectivity index (χ0n) is 11.4. The molecule has 0 aliphatic rings. The van der Waals surface area contributed by atoms with Crippen LogP contribution >= 0.6 is 27.5 Å². The first-order valence-corrected chi connectivity index (χ1v) is 7.34. The van der Waals surface area contributed by atoms with E-state index in [0.717, 1.165) is 15.9 Å². The van der Waals surface area contributed by atoms with Crippen LogP contribution in [0.4, 0.5) is 5.69 Å². The Balaban J connectivity index is 2.33. The summed E-state index contributed by atoms with van der Waals surface area (Å²) in [5.41, 5.74) is 2.13. The molecule has 1 heterocycles. The predicted molar refractivity (Wildman–Crippen MR) is 85.5 cm³/mol. The van der Waals surface area contributed by atoms with Crippen LogP contribution in [0.3, 0.4) is 0 Å². The number of hydrogen-bond donors (Lipinski definition) is 2. The molecule has 1 aromatic heterocycles. The highest BCUT2D eigenvalue weighted by atomic mass is 79.9. The molecule has 1 atom stereocenters. The normalized spacial score (nSPS) is 12.2. The molecular weight excluding hydrogens is 342 g/mol. The number of nitrogens with one attached hydrogen (secondary N) is 2. The van der Waals surface area contributed by atoms with Crippen molar-refractivity contribution in [2.75, 3.05) is 5.32 Å². The Morgan fingerprint density at radius 2 is 2.10 bits per heavy atom. The van der Waals surface area contributed by atoms with Crippen molar-refractivity contribution in [2.45, 2.75) is 26.8 Å². The number of aryl methyl sites for hydroxylation is 2. The number of H-pyrrole nitrogens is 1. The first-order valence-electron chi connectivity index (χ1n) is 6.17. The van der Waals surface area contributed by atoms with Crippen molar-refractivity contribution in [3.05, 3.63) is 55.1 Å². The molecule has 0 radical (unpaired) electrons. The average molecular weight is 357 g/mol. The Morgan fingerprint density at radius 3 is 2.70 bits per heavy atom. The van der Waals surface area contributed by atoms with Crippen molar-refractivity contribution in [2.24, 2.45) is 0 Å². The number of aromatic nitrogens is 2. The summed E-state index contributed by atoms with van der Waals surface area (Å²) in [4.78, 5) is 19.1. The first-order chi connectivity index (χ1) is 9.38. The van der Waals surface area contributed by atoms with Crippen LogP contribution in [0, 0.1) is 13.8 Å². The lowest BCUT2D eigenvalue weighted by Gasteiger charge is -2.17. The minimum Gasteiger partial charge on any atom is -0.377 e. The first kappa shape index (κ1) is 15.1. The molecule has 1 unspecified atom stereocenters. The molecule has 0 saturated carbocycles. The number of benzene rings is 1. The second kappa shape index (κ2) is 5.97. The summed E-state index contributed by atoms with van der Waals surface area (Å²) in [6.07, 6.45) is 0. The summed E-state index contributed by atoms with van der Waals surface area (Å²) in [6, 6.07) is 5.31. The fraction of sp³-hybridized carbons (Fsp3) is 0.286. The van der Waals surface area contributed by atoms with Gasteiger partial charge in [-0.3, -0.25) is 4.79 Å². The van der Waals surface area contributed by atoms with Crippen LogP contribution in [0.5, 0.6) is 0 Å². The van der Waals surface area contributed by atoms with Crippen molar-refractivity contribution in [1.29, 1.82) is 0 Å². The monoisotopic (exact) mass is 355 g/mol. The van der Waals surface area contributed by atoms with E-state index in [1.807, 2.05) is 19.9 Å². The quantitative estimate of drug-likeness (QED) is 0.874. The van der Waals surface area contributed by atoms with Crippen molar-refractivity contribution in [3.63, 3.8) is 0 Å². The molecular formula is C14H15BrClN3O. The highest BCUT2D eigenvalue weighted by molar-refractivity contribution is 9.10. The van der Waals surface area contributed by atoms with Gasteiger partial charge in [0, 0.05) is 15.2 Å². The molecule has 1 aromatic carbocycles. The molecule has 2 N–H and O–H groups in total. The molecule has 0 aliphatic heterocycles. The summed E-state index contributed by atoms with van der Waals surface area (Å²) >= 11 is 9.36. The van der Waals surface area contributed by atoms with Gasteiger partial charge in [0.1, 0.15) is 5.82 Å². The molecule has 4 nitrogen and oxygen atoms in total. The van der Waals surface area contributed by atoms with Crippen LogP contribution in [0.25, 0.3) is 0 Å². The molecule has 0 saturated heterocycles. The van der Waals surface area contributed by atoms with Gasteiger partial charge < -0.3 is 10.3 Å². The van der Waals surface area contributed by atoms with E-state index in [0.29, 0.717) is 16.4 Å². The van der Waals surface area contributed by atoms with Gasteiger partial charge >= 0.3 is 0 Å². The third-order valence-electron chi connectivity index (χ3n) is 3.00. The van der Waals surface area contributed by atoms with E-state index in [-0.39, 0.29) is 11.6 Å². The maximum absolute atomic E-state index is 12.1. The number of nitrogens with zero attached hydrogens (tertiary/aromatic N) is 1. The van der Waals surface area contributed by atoms with Gasteiger partial charge in [0.15, 0.2) is 0 Å². The van der Waals surface area contributed by atoms with Gasteiger partial charge in [-0.25, -0.2) is 4.98 Å². The summed E-state index contributed by atoms with van der Waals surface area (Å²) in [5, 5.41) is 3.94. The van der Waals surface area contributed by atoms with E-state index in [9.17, 15) is 4.79 Å². The number of halogens is 2. The number of aromatic amines is 1. The Bertz CT molecular complexity index is 699. The largest absolute Gasteiger partial charge is 0.377 e. The lowest BCUT2D eigenvalue weighted by atomic mass is 10.1. The standard InChI is InChI=1S/C14H15BrClN3O/c1-7-13(14(20)19-9(3)17-7)8(2)18-12-5-4-10(16)6-11(12)15/h4-6,8,18H,1-3H3,(H,17,19,20). The SMILES string of the molecule is Cc1nc(C)c(C(C)Nc2ccc(Cl)cc2Br)c(=O)[nH]1. The Labute approximate surface area is 130 Å². The van der Waals surface area contributed by atoms with Gasteiger partial charge in [-0.1, -0.05) is 11.6 Å². The highest BCUT2D eigenvalue weighted by Crippen LogP contribution is 2.28. The molecule has 0 aliphatic carbocycles. The highest BCUT2D eigenvalue weighted by Gasteiger charge is 2.15. The van der Waals surface area contributed by atoms with Crippen molar-refractivity contribution in [3.8, 4) is 0 Å². The third kappa shape index (κ3) is 3.22. The predicted octanol–water partition coefficient (Wildman–Crippen LogP) is 3.98. The fourth-order valence-electron chi connectivity index (χ4n) is 2.16. The van der Waals surface area contributed by atoms with Crippen molar-refractivity contribution in [1.82, 2.24) is 9.97 Å². The van der Waals surface area contributed by atoms with E-state index in [1.165, 1.54) is 0 Å². The molecule has 0 amide bonds. The average Bonchev–Trinajstić information content (AvgIpc) is 2.31. The molecule has 0 spiro atoms. The van der Waals surface area contributed by atoms with Crippen LogP contribution in [-0.2, 0) is 0 Å². The summed E-state index contributed by atoms with van der Waals surface area (Å²) in [5.74, 6) is 0.621. The number of anilines is 1. The second-order valence-electron chi connectivity index (χ2n) is 4.64. The van der Waals surface area contributed by atoms with E-state index < -0.39 is 0 Å². The minimum absolute atomic E-state index is 0.111. The van der Waals surface area contributed by atoms with Gasteiger partial charge in [0.25, 0.3) is 5.56 Å². The molecule has 2 aromatic rings. The molecule has 0 fully saturated rings. The van der Waals surface area contributed by atoms with Crippen molar-refractivity contribution >= 4 is 33.2 Å². The van der Waals surface area contributed by atoms with Gasteiger partial charge in [-0.15, -0.1) is 0 Å². The van der Waals surface area contributed by atoms with E-state index in [2.05, 4.69) is 31.2 Å². The maximum atomic E-state index is 12.1. The maximum Gasteiger partial charge on any atom is 0.256 e.